The van der Waals surface area contributed by atoms with Crippen LogP contribution in [0.15, 0.2) is 40.4 Å². The molecule has 4 atom stereocenters. The van der Waals surface area contributed by atoms with Crippen molar-refractivity contribution in [3.05, 3.63) is 52.9 Å². The van der Waals surface area contributed by atoms with Crippen LogP contribution in [-0.2, 0) is 9.59 Å². The molecule has 10 nitrogen and oxygen atoms in total. The van der Waals surface area contributed by atoms with Gasteiger partial charge in [-0.25, -0.2) is 4.98 Å². The molecule has 242 valence electrons. The number of aromatic nitrogens is 2. The van der Waals surface area contributed by atoms with Crippen molar-refractivity contribution in [3.8, 4) is 16.3 Å². The molecule has 3 saturated heterocycles. The lowest BCUT2D eigenvalue weighted by molar-refractivity contribution is -0.139. The summed E-state index contributed by atoms with van der Waals surface area (Å²) in [5.74, 6) is 1.02. The van der Waals surface area contributed by atoms with Crippen molar-refractivity contribution in [1.29, 1.82) is 0 Å². The summed E-state index contributed by atoms with van der Waals surface area (Å²) in [5.41, 5.74) is 3.65. The first-order valence-corrected chi connectivity index (χ1v) is 17.3. The van der Waals surface area contributed by atoms with Gasteiger partial charge in [-0.2, -0.15) is 0 Å². The lowest BCUT2D eigenvalue weighted by Crippen LogP contribution is -2.62. The number of thiazole rings is 1. The van der Waals surface area contributed by atoms with E-state index >= 15 is 0 Å². The molecule has 3 aliphatic rings. The van der Waals surface area contributed by atoms with Crippen molar-refractivity contribution in [2.24, 2.45) is 11.8 Å². The first kappa shape index (κ1) is 31.8. The molecule has 3 N–H and O–H groups in total. The van der Waals surface area contributed by atoms with Crippen LogP contribution >= 0.6 is 11.3 Å². The Morgan fingerprint density at radius 1 is 1.16 bits per heavy atom. The Kier molecular flexibility index (Phi) is 9.70. The van der Waals surface area contributed by atoms with Crippen LogP contribution in [0.2, 0.25) is 0 Å². The molecule has 3 fully saturated rings. The van der Waals surface area contributed by atoms with E-state index in [9.17, 15) is 9.59 Å². The molecule has 0 spiro atoms. The SMILES string of the molecule is Cc1ncsc1-c1ccc([C@H](C)NC(=O)[C@]2(C(=O)CC(C)c3cc(OC4CN(CC5CCNCC5)C4)no3)NCCC2C)cc1. The van der Waals surface area contributed by atoms with Crippen molar-refractivity contribution in [2.45, 2.75) is 77.0 Å². The maximum Gasteiger partial charge on any atom is 0.254 e. The summed E-state index contributed by atoms with van der Waals surface area (Å²) in [6.45, 7) is 13.6. The molecule has 0 saturated carbocycles. The second-order valence-electron chi connectivity index (χ2n) is 13.3. The number of amides is 1. The Hall–Kier alpha value is -3.12. The van der Waals surface area contributed by atoms with Gasteiger partial charge >= 0.3 is 0 Å². The van der Waals surface area contributed by atoms with E-state index in [0.29, 0.717) is 18.2 Å². The van der Waals surface area contributed by atoms with Crippen molar-refractivity contribution < 1.29 is 18.8 Å². The number of hydrogen-bond donors (Lipinski definition) is 3. The van der Waals surface area contributed by atoms with E-state index in [0.717, 1.165) is 66.8 Å². The number of nitrogens with one attached hydrogen (secondary N) is 3. The summed E-state index contributed by atoms with van der Waals surface area (Å²) in [6.07, 6.45) is 3.49. The van der Waals surface area contributed by atoms with Gasteiger partial charge in [-0.3, -0.25) is 19.8 Å². The van der Waals surface area contributed by atoms with Crippen molar-refractivity contribution in [1.82, 2.24) is 31.0 Å². The van der Waals surface area contributed by atoms with Crippen LogP contribution < -0.4 is 20.7 Å². The minimum Gasteiger partial charge on any atom is -0.469 e. The van der Waals surface area contributed by atoms with Gasteiger partial charge in [0.15, 0.2) is 11.3 Å². The molecule has 3 aliphatic heterocycles. The molecule has 11 heteroatoms. The van der Waals surface area contributed by atoms with Crippen LogP contribution in [0.25, 0.3) is 10.4 Å². The van der Waals surface area contributed by atoms with Crippen molar-refractivity contribution in [2.75, 3.05) is 39.3 Å². The smallest absolute Gasteiger partial charge is 0.254 e. The normalized spacial score (nSPS) is 24.2. The van der Waals surface area contributed by atoms with Crippen LogP contribution in [-0.4, -0.2) is 77.6 Å². The molecule has 6 rings (SSSR count). The van der Waals surface area contributed by atoms with Gasteiger partial charge in [0.2, 0.25) is 5.91 Å². The Balaban J connectivity index is 1.04. The zero-order chi connectivity index (χ0) is 31.6. The molecule has 1 aromatic carbocycles. The number of hydrogen-bond acceptors (Lipinski definition) is 10. The van der Waals surface area contributed by atoms with E-state index in [1.165, 1.54) is 12.8 Å². The number of carbonyl (C=O) groups is 2. The molecule has 1 amide bonds. The third-order valence-electron chi connectivity index (χ3n) is 9.95. The molecular weight excluding hydrogens is 588 g/mol. The molecule has 5 heterocycles. The van der Waals surface area contributed by atoms with Crippen LogP contribution in [0.3, 0.4) is 0 Å². The van der Waals surface area contributed by atoms with Gasteiger partial charge in [-0.1, -0.05) is 38.1 Å². The van der Waals surface area contributed by atoms with E-state index in [1.807, 2.05) is 45.3 Å². The first-order chi connectivity index (χ1) is 21.7. The van der Waals surface area contributed by atoms with E-state index in [-0.39, 0.29) is 42.1 Å². The molecule has 45 heavy (non-hydrogen) atoms. The van der Waals surface area contributed by atoms with Gasteiger partial charge in [0.05, 0.1) is 22.1 Å². The van der Waals surface area contributed by atoms with Gasteiger partial charge < -0.3 is 19.9 Å². The number of benzene rings is 1. The van der Waals surface area contributed by atoms with Gasteiger partial charge in [0.25, 0.3) is 5.88 Å². The number of Topliss-reactive ketones (excluding diaryl/α,β-unsaturated/α-hetero) is 1. The largest absolute Gasteiger partial charge is 0.469 e. The lowest BCUT2D eigenvalue weighted by Gasteiger charge is -2.41. The quantitative estimate of drug-likeness (QED) is 0.248. The molecule has 0 radical (unpaired) electrons. The fourth-order valence-corrected chi connectivity index (χ4v) is 7.83. The Labute approximate surface area is 269 Å². The fraction of sp³-hybridized carbons (Fsp3) is 0.588. The average Bonchev–Trinajstić information content (AvgIpc) is 3.77. The summed E-state index contributed by atoms with van der Waals surface area (Å²) in [4.78, 5) is 35.7. The predicted octanol–water partition coefficient (Wildman–Crippen LogP) is 4.48. The second-order valence-corrected chi connectivity index (χ2v) is 14.1. The summed E-state index contributed by atoms with van der Waals surface area (Å²) < 4.78 is 11.7. The second kappa shape index (κ2) is 13.7. The van der Waals surface area contributed by atoms with Crippen molar-refractivity contribution >= 4 is 23.0 Å². The zero-order valence-corrected chi connectivity index (χ0v) is 27.6. The topological polar surface area (TPSA) is 122 Å². The highest BCUT2D eigenvalue weighted by Crippen LogP contribution is 2.34. The Bertz CT molecular complexity index is 1460. The number of carbonyl (C=O) groups excluding carboxylic acids is 2. The number of nitrogens with zero attached hydrogens (tertiary/aromatic N) is 3. The fourth-order valence-electron chi connectivity index (χ4n) is 7.02. The van der Waals surface area contributed by atoms with E-state index in [4.69, 9.17) is 9.26 Å². The van der Waals surface area contributed by atoms with E-state index in [2.05, 4.69) is 43.1 Å². The minimum absolute atomic E-state index is 0.104. The Morgan fingerprint density at radius 2 is 1.91 bits per heavy atom. The monoisotopic (exact) mass is 634 g/mol. The molecular formula is C34H46N6O4S. The third-order valence-corrected chi connectivity index (χ3v) is 10.9. The minimum atomic E-state index is -1.29. The van der Waals surface area contributed by atoms with Crippen LogP contribution in [0.5, 0.6) is 5.88 Å². The maximum atomic E-state index is 13.9. The number of rotatable bonds is 12. The van der Waals surface area contributed by atoms with E-state index < -0.39 is 5.54 Å². The highest BCUT2D eigenvalue weighted by Gasteiger charge is 2.53. The van der Waals surface area contributed by atoms with Crippen LogP contribution in [0.1, 0.15) is 75.4 Å². The Morgan fingerprint density at radius 3 is 2.58 bits per heavy atom. The van der Waals surface area contributed by atoms with Crippen molar-refractivity contribution in [3.63, 3.8) is 0 Å². The number of ketones is 1. The predicted molar refractivity (Wildman–Crippen MR) is 174 cm³/mol. The molecule has 0 aliphatic carbocycles. The van der Waals surface area contributed by atoms with Gasteiger partial charge in [0.1, 0.15) is 11.9 Å². The maximum absolute atomic E-state index is 13.9. The summed E-state index contributed by atoms with van der Waals surface area (Å²) >= 11 is 1.62. The summed E-state index contributed by atoms with van der Waals surface area (Å²) in [7, 11) is 0. The standard InChI is InChI=1S/C34H46N6O4S/c1-21(29-16-31(39-44-29)43-28-18-40(19-28)17-25-10-12-35-13-11-25)15-30(41)34(22(2)9-14-37-34)33(42)38-23(3)26-5-7-27(8-6-26)32-24(4)36-20-45-32/h5-8,16,20-23,25,28,35,37H,9-15,17-19H2,1-4H3,(H,38,42)/t21?,22?,23-,34-/m0/s1. The highest BCUT2D eigenvalue weighted by atomic mass is 32.1. The average molecular weight is 635 g/mol. The van der Waals surface area contributed by atoms with Crippen LogP contribution in [0, 0.1) is 18.8 Å². The van der Waals surface area contributed by atoms with Gasteiger partial charge in [-0.05, 0) is 80.9 Å². The highest BCUT2D eigenvalue weighted by molar-refractivity contribution is 7.13. The molecule has 0 bridgehead atoms. The van der Waals surface area contributed by atoms with Gasteiger partial charge in [-0.15, -0.1) is 11.3 Å². The first-order valence-electron chi connectivity index (χ1n) is 16.4. The van der Waals surface area contributed by atoms with Crippen LogP contribution in [0.4, 0.5) is 0 Å². The molecule has 3 aromatic rings. The lowest BCUT2D eigenvalue weighted by atomic mass is 9.78. The number of ether oxygens (including phenoxy) is 1. The molecule has 2 aromatic heterocycles. The zero-order valence-electron chi connectivity index (χ0n) is 26.8. The number of likely N-dealkylation sites (tertiary alicyclic amines) is 1. The third kappa shape index (κ3) is 6.86. The summed E-state index contributed by atoms with van der Waals surface area (Å²) in [6, 6.07) is 9.71. The number of piperidine rings is 1. The molecule has 2 unspecified atom stereocenters. The van der Waals surface area contributed by atoms with Gasteiger partial charge in [0, 0.05) is 38.0 Å². The summed E-state index contributed by atoms with van der Waals surface area (Å²) in [5, 5.41) is 14.0. The van der Waals surface area contributed by atoms with E-state index in [1.54, 1.807) is 17.4 Å². The number of aryl methyl sites for hydroxylation is 1.